The summed E-state index contributed by atoms with van der Waals surface area (Å²) in [7, 11) is -4.85. The zero-order chi connectivity index (χ0) is 74.7. The summed E-state index contributed by atoms with van der Waals surface area (Å²) in [6.07, 6.45) is 22.0. The third-order valence-corrected chi connectivity index (χ3v) is 17.2. The molecule has 0 aromatic heterocycles. The molecular formula is C67H118N7O25P. The Morgan fingerprint density at radius 3 is 1.64 bits per heavy atom. The number of aliphatic hydroxyl groups excluding tert-OH is 3. The predicted octanol–water partition coefficient (Wildman–Crippen LogP) is 4.30. The number of nitrogens with zero attached hydrogens (tertiary/aromatic N) is 1. The summed E-state index contributed by atoms with van der Waals surface area (Å²) in [5.41, 5.74) is 11.3. The molecule has 0 saturated carbocycles. The van der Waals surface area contributed by atoms with Gasteiger partial charge in [-0.15, -0.1) is 0 Å². The number of carbonyl (C=O) groups excluding carboxylic acids is 9. The molecule has 6 amide bonds. The summed E-state index contributed by atoms with van der Waals surface area (Å²) >= 11 is 0. The number of amides is 6. The molecule has 1 aliphatic rings. The number of primary amides is 1. The zero-order valence-corrected chi connectivity index (χ0v) is 60.1. The molecule has 1 aliphatic heterocycles. The molecule has 14 N–H and O–H groups in total. The Labute approximate surface area is 588 Å². The molecule has 1 fully saturated rings. The third kappa shape index (κ3) is 44.2. The van der Waals surface area contributed by atoms with Gasteiger partial charge < -0.3 is 91.7 Å². The summed E-state index contributed by atoms with van der Waals surface area (Å²) < 4.78 is 50.2. The number of aliphatic hydroxyl groups is 3. The Hall–Kier alpha value is -6.22. The molecule has 0 radical (unpaired) electrons. The number of phosphoric ester groups is 1. The van der Waals surface area contributed by atoms with E-state index in [0.29, 0.717) is 17.7 Å². The first-order valence-electron chi connectivity index (χ1n) is 35.6. The second-order valence-corrected chi connectivity index (χ2v) is 26.6. The molecule has 0 spiro atoms. The van der Waals surface area contributed by atoms with Gasteiger partial charge in [0.25, 0.3) is 0 Å². The third-order valence-electron chi connectivity index (χ3n) is 16.2. The number of nitrogens with one attached hydrogen (secondary N) is 4. The van der Waals surface area contributed by atoms with E-state index in [1.165, 1.54) is 96.8 Å². The van der Waals surface area contributed by atoms with Gasteiger partial charge in [-0.05, 0) is 45.4 Å². The van der Waals surface area contributed by atoms with Crippen molar-refractivity contribution in [2.24, 2.45) is 17.4 Å². The molecule has 33 heteroatoms. The molecule has 10 atom stereocenters. The summed E-state index contributed by atoms with van der Waals surface area (Å²) in [5.74, 6) is -14.7. The van der Waals surface area contributed by atoms with Crippen LogP contribution in [0.1, 0.15) is 227 Å². The average Bonchev–Trinajstić information content (AvgIpc) is 0.803. The molecule has 1 rings (SSSR count). The Balaban J connectivity index is 2.85. The lowest BCUT2D eigenvalue weighted by Gasteiger charge is -2.44. The number of allylic oxidation sites excluding steroid dienone is 2. The lowest BCUT2D eigenvalue weighted by molar-refractivity contribution is -0.268. The van der Waals surface area contributed by atoms with Gasteiger partial charge in [0.15, 0.2) is 18.3 Å². The van der Waals surface area contributed by atoms with Crippen molar-refractivity contribution < 1.29 is 120 Å². The van der Waals surface area contributed by atoms with E-state index in [-0.39, 0.29) is 19.4 Å². The monoisotopic (exact) mass is 1450 g/mol. The second kappa shape index (κ2) is 55.4. The molecule has 2 unspecified atom stereocenters. The van der Waals surface area contributed by atoms with Crippen molar-refractivity contribution in [1.82, 2.24) is 26.2 Å². The predicted molar refractivity (Wildman–Crippen MR) is 364 cm³/mol. The minimum absolute atomic E-state index is 0.0667. The number of phosphoric acid groups is 1. The first kappa shape index (κ1) is 91.8. The number of carbonyl (C=O) groups is 11. The minimum atomic E-state index is -4.85. The van der Waals surface area contributed by atoms with Crippen molar-refractivity contribution in [1.29, 1.82) is 0 Å². The van der Waals surface area contributed by atoms with Crippen molar-refractivity contribution in [3.8, 4) is 0 Å². The van der Waals surface area contributed by atoms with Crippen molar-refractivity contribution in [2.45, 2.75) is 282 Å². The van der Waals surface area contributed by atoms with Crippen LogP contribution < -0.4 is 32.7 Å². The van der Waals surface area contributed by atoms with Gasteiger partial charge in [0.05, 0.1) is 32.5 Å². The zero-order valence-electron chi connectivity index (χ0n) is 59.2. The Morgan fingerprint density at radius 2 is 1.13 bits per heavy atom. The van der Waals surface area contributed by atoms with Gasteiger partial charge in [-0.3, -0.25) is 61.8 Å². The summed E-state index contributed by atoms with van der Waals surface area (Å²) in [6.45, 7) is 0.283. The van der Waals surface area contributed by atoms with Crippen molar-refractivity contribution in [3.63, 3.8) is 0 Å². The van der Waals surface area contributed by atoms with E-state index in [1.54, 1.807) is 0 Å². The van der Waals surface area contributed by atoms with Gasteiger partial charge in [0.2, 0.25) is 35.4 Å². The van der Waals surface area contributed by atoms with Crippen LogP contribution in [0.4, 0.5) is 0 Å². The van der Waals surface area contributed by atoms with Gasteiger partial charge >= 0.3 is 37.7 Å². The highest BCUT2D eigenvalue weighted by atomic mass is 31.2. The van der Waals surface area contributed by atoms with Crippen LogP contribution in [0.2, 0.25) is 0 Å². The van der Waals surface area contributed by atoms with Crippen LogP contribution in [0.5, 0.6) is 0 Å². The number of hydrogen-bond donors (Lipinski definition) is 12. The second-order valence-electron chi connectivity index (χ2n) is 25.2. The van der Waals surface area contributed by atoms with Crippen molar-refractivity contribution >= 4 is 73.1 Å². The van der Waals surface area contributed by atoms with Gasteiger partial charge in [-0.2, -0.15) is 0 Å². The van der Waals surface area contributed by atoms with Crippen LogP contribution in [-0.2, 0) is 90.0 Å². The Bertz CT molecular complexity index is 2490. The number of ether oxygens (including phenoxy) is 5. The lowest BCUT2D eigenvalue weighted by atomic mass is 9.96. The molecule has 0 aromatic carbocycles. The van der Waals surface area contributed by atoms with E-state index in [2.05, 4.69) is 47.3 Å². The number of esters is 3. The van der Waals surface area contributed by atoms with E-state index >= 15 is 0 Å². The number of nitrogens with two attached hydrogens (primary N) is 2. The average molecular weight is 1450 g/mol. The topological polar surface area (TPSA) is 494 Å². The largest absolute Gasteiger partial charge is 0.481 e. The lowest BCUT2D eigenvalue weighted by Crippen LogP contribution is -2.65. The van der Waals surface area contributed by atoms with Crippen LogP contribution >= 0.6 is 7.82 Å². The first-order chi connectivity index (χ1) is 47.7. The highest BCUT2D eigenvalue weighted by Gasteiger charge is 2.47. The van der Waals surface area contributed by atoms with E-state index in [1.807, 2.05) is 0 Å². The fourth-order valence-electron chi connectivity index (χ4n) is 10.7. The van der Waals surface area contributed by atoms with E-state index in [9.17, 15) is 87.7 Å². The Morgan fingerprint density at radius 1 is 0.630 bits per heavy atom. The number of aliphatic carboxylic acids is 2. The molecule has 0 bridgehead atoms. The van der Waals surface area contributed by atoms with E-state index in [0.717, 1.165) is 71.1 Å². The standard InChI is InChI=1S/C67H118N7O25P/c1-5-7-9-11-13-15-17-19-20-22-24-26-28-30-32-34-58(81)98-49(44-93-57(80)33-31-29-27-25-23-21-18-16-14-12-10-8-6-2)45-96-100(91,92)95-38-37-70-55(78)35-36-56(79)71-41-59(82)94-46-51(68)64(85)74(52(63(84)72-40-54(69)77)39-50(65(86)87)66(88)89)42-47(3)97-62-60(73-48(4)76)67(90)99-53(43-75)61(62)83/h19-20,47,49-53,60-62,67,75,83,90H,5-18,21-46,68H2,1-4H3,(H2,69,77)(H,70,78)(H,71,79)(H,72,84)(H,73,76)(H,86,87)(H,88,89)(H,91,92)/b20-19-/t47?,49-,51+,52+,53-,60-,61-,62-,67+/m1/s1. The van der Waals surface area contributed by atoms with Gasteiger partial charge in [-0.25, -0.2) is 4.57 Å². The van der Waals surface area contributed by atoms with Crippen LogP contribution in [-0.4, -0.2) is 215 Å². The fraction of sp³-hybridized carbons (Fsp3) is 0.806. The molecule has 0 aromatic rings. The molecule has 576 valence electrons. The molecule has 1 heterocycles. The van der Waals surface area contributed by atoms with Crippen LogP contribution in [0.3, 0.4) is 0 Å². The maximum absolute atomic E-state index is 14.2. The maximum atomic E-state index is 14.2. The summed E-state index contributed by atoms with van der Waals surface area (Å²) in [5, 5.41) is 59.9. The molecule has 32 nitrogen and oxygen atoms in total. The normalized spacial score (nSPS) is 17.8. The van der Waals surface area contributed by atoms with Crippen LogP contribution in [0.25, 0.3) is 0 Å². The van der Waals surface area contributed by atoms with Crippen LogP contribution in [0.15, 0.2) is 12.2 Å². The molecular weight excluding hydrogens is 1330 g/mol. The van der Waals surface area contributed by atoms with Crippen molar-refractivity contribution in [3.05, 3.63) is 12.2 Å². The van der Waals surface area contributed by atoms with Crippen molar-refractivity contribution in [2.75, 3.05) is 59.2 Å². The Kier molecular flexibility index (Phi) is 50.8. The number of hydrogen-bond acceptors (Lipinski definition) is 23. The smallest absolute Gasteiger partial charge is 0.472 e. The first-order valence-corrected chi connectivity index (χ1v) is 37.1. The van der Waals surface area contributed by atoms with Gasteiger partial charge in [0.1, 0.15) is 56.2 Å². The summed E-state index contributed by atoms with van der Waals surface area (Å²) in [4.78, 5) is 150. The number of carboxylic acids is 2. The van der Waals surface area contributed by atoms with E-state index in [4.69, 9.17) is 44.2 Å². The molecule has 1 saturated heterocycles. The molecule has 100 heavy (non-hydrogen) atoms. The van der Waals surface area contributed by atoms with E-state index < -0.39 is 206 Å². The van der Waals surface area contributed by atoms with Gasteiger partial charge in [-0.1, -0.05) is 154 Å². The number of unbranched alkanes of at least 4 members (excludes halogenated alkanes) is 23. The highest BCUT2D eigenvalue weighted by molar-refractivity contribution is 7.47. The SMILES string of the molecule is CCCCCCCC/C=C\CCCCCCCC(=O)O[C@H](COC(=O)CCCCCCCCCCCCCCC)COP(=O)(O)OCCNC(=O)CCC(=O)NCC(=O)OC[C@H](N)C(=O)N(CC(C)O[C@H]1[C@H](O)[C@@H](CO)O[C@H](O)[C@@H]1NC(C)=O)[C@@H](CC(C(=O)O)C(=O)O)C(=O)NCC(N)=O. The molecule has 0 aliphatic carbocycles. The van der Waals surface area contributed by atoms with Crippen LogP contribution in [0, 0.1) is 5.92 Å². The highest BCUT2D eigenvalue weighted by Crippen LogP contribution is 2.43. The quantitative estimate of drug-likeness (QED) is 0.0101. The summed E-state index contributed by atoms with van der Waals surface area (Å²) in [6, 6.07) is -5.56. The number of carboxylic acid groups (broad SMARTS) is 2. The van der Waals surface area contributed by atoms with Gasteiger partial charge in [0, 0.05) is 52.1 Å². The number of rotatable bonds is 61. The maximum Gasteiger partial charge on any atom is 0.472 e. The minimum Gasteiger partial charge on any atom is -0.481 e. The fourth-order valence-corrected chi connectivity index (χ4v) is 11.4.